The second kappa shape index (κ2) is 63.7. The van der Waals surface area contributed by atoms with Crippen molar-refractivity contribution >= 4 is 19.7 Å². The van der Waals surface area contributed by atoms with Crippen LogP contribution in [0.4, 0.5) is 0 Å². The molecule has 0 aliphatic rings. The Morgan fingerprint density at radius 1 is 0.424 bits per heavy atom. The Morgan fingerprint density at radius 2 is 0.753 bits per heavy atom. The van der Waals surface area contributed by atoms with Crippen molar-refractivity contribution in [3.8, 4) is 0 Å². The fourth-order valence-corrected chi connectivity index (χ4v) is 10.5. The highest BCUT2D eigenvalue weighted by Gasteiger charge is 2.30. The molecule has 490 valence electrons. The number of hydrogen-bond donors (Lipinski definition) is 2. The SMILES string of the molecule is CC/C=C\C/C=C\C/C=C\C/C=C\C/C=C\C/C=C\CCCCCCC(=O)NC(COP(=O)(O)OCC[N+](C)(C)C)C(/C=C/CCCCCCCCCCC)OC(=O)CCCCCCCCCCCCCCCCC/C=C\C/C=C\CCCCC. The van der Waals surface area contributed by atoms with Gasteiger partial charge in [0.05, 0.1) is 33.8 Å². The summed E-state index contributed by atoms with van der Waals surface area (Å²) in [6.07, 6.45) is 88.2. The number of allylic oxidation sites excluding steroid dienone is 17. The predicted molar refractivity (Wildman–Crippen MR) is 369 cm³/mol. The largest absolute Gasteiger partial charge is 0.472 e. The number of nitrogens with one attached hydrogen (secondary N) is 1. The standard InChI is InChI=1S/C75H133N2O7P/c1-7-10-13-16-19-22-25-27-29-31-33-35-37-38-40-42-44-46-48-50-53-56-59-62-65-68-75(79)84-73(66-63-60-57-54-51-24-21-18-15-12-9-3)72(71-83-85(80,81)82-70-69-77(4,5)6)76-74(78)67-64-61-58-55-52-49-47-45-43-41-39-36-34-32-30-28-26-23-20-17-14-11-8-2/h11,14,19-20,22-23,27-30,34,36,41,43,47,49,63,66,72-73H,7-10,12-13,15-18,21,24-26,31-33,35,37-40,42,44-46,48,50-62,64-65,67-71H2,1-6H3,(H-,76,78,80,81)/p+1/b14-11-,22-19-,23-20-,29-27-,30-28-,36-34-,43-41-,49-47-,66-63+. The monoisotopic (exact) mass is 1210 g/mol. The van der Waals surface area contributed by atoms with E-state index in [9.17, 15) is 19.0 Å². The molecule has 2 N–H and O–H groups in total. The average molecular weight is 1210 g/mol. The second-order valence-corrected chi connectivity index (χ2v) is 26.1. The minimum Gasteiger partial charge on any atom is -0.456 e. The third kappa shape index (κ3) is 65.0. The number of unbranched alkanes of at least 4 members (excludes halogenated alkanes) is 31. The Hall–Kier alpha value is -3.33. The summed E-state index contributed by atoms with van der Waals surface area (Å²) in [6.45, 7) is 6.86. The van der Waals surface area contributed by atoms with E-state index < -0.39 is 20.0 Å². The first-order valence-corrected chi connectivity index (χ1v) is 36.7. The first-order valence-electron chi connectivity index (χ1n) is 35.2. The number of ether oxygens (including phenoxy) is 1. The highest BCUT2D eigenvalue weighted by atomic mass is 31.2. The van der Waals surface area contributed by atoms with E-state index in [1.807, 2.05) is 33.3 Å². The highest BCUT2D eigenvalue weighted by Crippen LogP contribution is 2.43. The lowest BCUT2D eigenvalue weighted by Crippen LogP contribution is -2.47. The first-order chi connectivity index (χ1) is 41.4. The smallest absolute Gasteiger partial charge is 0.456 e. The van der Waals surface area contributed by atoms with Gasteiger partial charge in [0, 0.05) is 12.8 Å². The number of likely N-dealkylation sites (N-methyl/N-ethyl adjacent to an activating group) is 1. The van der Waals surface area contributed by atoms with Gasteiger partial charge in [-0.25, -0.2) is 4.57 Å². The van der Waals surface area contributed by atoms with E-state index in [1.54, 1.807) is 0 Å². The van der Waals surface area contributed by atoms with Gasteiger partial charge in [0.15, 0.2) is 0 Å². The lowest BCUT2D eigenvalue weighted by molar-refractivity contribution is -0.870. The molecule has 10 heteroatoms. The molecule has 0 aromatic heterocycles. The molecule has 0 bridgehead atoms. The van der Waals surface area contributed by atoms with Gasteiger partial charge in [0.1, 0.15) is 19.3 Å². The molecule has 0 heterocycles. The molecule has 85 heavy (non-hydrogen) atoms. The minimum absolute atomic E-state index is 0.0304. The maximum atomic E-state index is 13.6. The van der Waals surface area contributed by atoms with Crippen molar-refractivity contribution < 1.29 is 37.3 Å². The van der Waals surface area contributed by atoms with Crippen LogP contribution in [0.2, 0.25) is 0 Å². The van der Waals surface area contributed by atoms with Gasteiger partial charge in [-0.1, -0.05) is 285 Å². The van der Waals surface area contributed by atoms with Gasteiger partial charge >= 0.3 is 13.8 Å². The van der Waals surface area contributed by atoms with Crippen molar-refractivity contribution in [2.45, 2.75) is 315 Å². The van der Waals surface area contributed by atoms with Crippen molar-refractivity contribution in [1.29, 1.82) is 0 Å². The predicted octanol–water partition coefficient (Wildman–Crippen LogP) is 22.5. The van der Waals surface area contributed by atoms with Crippen molar-refractivity contribution in [3.05, 3.63) is 109 Å². The zero-order valence-corrected chi connectivity index (χ0v) is 57.0. The number of phosphoric acid groups is 1. The maximum Gasteiger partial charge on any atom is 0.472 e. The lowest BCUT2D eigenvalue weighted by atomic mass is 10.0. The molecule has 1 amide bonds. The summed E-state index contributed by atoms with van der Waals surface area (Å²) in [7, 11) is 1.47. The topological polar surface area (TPSA) is 111 Å². The summed E-state index contributed by atoms with van der Waals surface area (Å²) >= 11 is 0. The van der Waals surface area contributed by atoms with Crippen molar-refractivity contribution in [3.63, 3.8) is 0 Å². The van der Waals surface area contributed by atoms with Crippen LogP contribution in [-0.2, 0) is 27.9 Å². The molecule has 9 nitrogen and oxygen atoms in total. The molecule has 0 saturated carbocycles. The molecule has 3 unspecified atom stereocenters. The van der Waals surface area contributed by atoms with E-state index in [0.29, 0.717) is 23.9 Å². The van der Waals surface area contributed by atoms with E-state index in [0.717, 1.165) is 109 Å². The Labute approximate surface area is 525 Å². The Balaban J connectivity index is 5.09. The van der Waals surface area contributed by atoms with Gasteiger partial charge in [-0.3, -0.25) is 18.6 Å². The molecular weight excluding hydrogens is 1070 g/mol. The molecule has 3 atom stereocenters. The maximum absolute atomic E-state index is 13.6. The second-order valence-electron chi connectivity index (χ2n) is 24.7. The molecule has 0 aliphatic heterocycles. The van der Waals surface area contributed by atoms with E-state index >= 15 is 0 Å². The van der Waals surface area contributed by atoms with Crippen molar-refractivity contribution in [2.24, 2.45) is 0 Å². The van der Waals surface area contributed by atoms with Crippen LogP contribution in [0.3, 0.4) is 0 Å². The Morgan fingerprint density at radius 3 is 1.15 bits per heavy atom. The zero-order valence-electron chi connectivity index (χ0n) is 56.1. The molecule has 0 fully saturated rings. The van der Waals surface area contributed by atoms with Crippen LogP contribution >= 0.6 is 7.82 Å². The third-order valence-corrected chi connectivity index (χ3v) is 16.2. The number of hydrogen-bond acceptors (Lipinski definition) is 6. The fraction of sp³-hybridized carbons (Fsp3) is 0.733. The molecule has 0 radical (unpaired) electrons. The van der Waals surface area contributed by atoms with Crippen LogP contribution < -0.4 is 5.32 Å². The molecule has 0 aliphatic carbocycles. The van der Waals surface area contributed by atoms with Crippen LogP contribution in [0.25, 0.3) is 0 Å². The number of carbonyl (C=O) groups excluding carboxylic acids is 2. The molecule has 0 spiro atoms. The van der Waals surface area contributed by atoms with Gasteiger partial charge in [-0.2, -0.15) is 0 Å². The molecular formula is C75H134N2O7P+. The van der Waals surface area contributed by atoms with Crippen LogP contribution in [0, 0.1) is 0 Å². The number of rotatable bonds is 63. The third-order valence-electron chi connectivity index (χ3n) is 15.2. The van der Waals surface area contributed by atoms with E-state index in [-0.39, 0.29) is 31.5 Å². The summed E-state index contributed by atoms with van der Waals surface area (Å²) < 4.78 is 30.8. The van der Waals surface area contributed by atoms with Crippen LogP contribution in [0.1, 0.15) is 303 Å². The van der Waals surface area contributed by atoms with E-state index in [4.69, 9.17) is 13.8 Å². The number of carbonyl (C=O) groups is 2. The van der Waals surface area contributed by atoms with Crippen molar-refractivity contribution in [1.82, 2.24) is 5.32 Å². The summed E-state index contributed by atoms with van der Waals surface area (Å²) in [5.41, 5.74) is 0. The number of amides is 1. The molecule has 0 aromatic carbocycles. The lowest BCUT2D eigenvalue weighted by Gasteiger charge is -2.27. The summed E-state index contributed by atoms with van der Waals surface area (Å²) in [6, 6.07) is -0.869. The first kappa shape index (κ1) is 81.7. The number of phosphoric ester groups is 1. The van der Waals surface area contributed by atoms with Gasteiger partial charge in [-0.15, -0.1) is 0 Å². The van der Waals surface area contributed by atoms with Gasteiger partial charge in [0.2, 0.25) is 5.91 Å². The zero-order chi connectivity index (χ0) is 62.1. The number of quaternary nitrogens is 1. The summed E-state index contributed by atoms with van der Waals surface area (Å²) in [5, 5.41) is 3.05. The van der Waals surface area contributed by atoms with Crippen LogP contribution in [0.15, 0.2) is 109 Å². The van der Waals surface area contributed by atoms with Gasteiger partial charge in [-0.05, 0) is 115 Å². The average Bonchev–Trinajstić information content (AvgIpc) is 3.62. The fourth-order valence-electron chi connectivity index (χ4n) is 9.80. The van der Waals surface area contributed by atoms with Gasteiger partial charge < -0.3 is 19.4 Å². The molecule has 0 aromatic rings. The highest BCUT2D eigenvalue weighted by molar-refractivity contribution is 7.47. The summed E-state index contributed by atoms with van der Waals surface area (Å²) in [5.74, 6) is -0.533. The van der Waals surface area contributed by atoms with E-state index in [2.05, 4.69) is 123 Å². The van der Waals surface area contributed by atoms with Crippen LogP contribution in [-0.4, -0.2) is 74.3 Å². The molecule has 0 rings (SSSR count). The Bertz CT molecular complexity index is 1820. The quantitative estimate of drug-likeness (QED) is 0.0205. The van der Waals surface area contributed by atoms with Gasteiger partial charge in [0.25, 0.3) is 0 Å². The Kier molecular flexibility index (Phi) is 61.2. The normalized spacial score (nSPS) is 14.2. The summed E-state index contributed by atoms with van der Waals surface area (Å²) in [4.78, 5) is 37.9. The van der Waals surface area contributed by atoms with E-state index in [1.165, 1.54) is 154 Å². The number of esters is 1. The molecule has 0 saturated heterocycles. The minimum atomic E-state index is -4.47. The van der Waals surface area contributed by atoms with Crippen LogP contribution in [0.5, 0.6) is 0 Å². The van der Waals surface area contributed by atoms with Crippen molar-refractivity contribution in [2.75, 3.05) is 40.9 Å². The number of nitrogens with zero attached hydrogens (tertiary/aromatic N) is 1.